The van der Waals surface area contributed by atoms with Gasteiger partial charge in [0.2, 0.25) is 11.0 Å². The highest BCUT2D eigenvalue weighted by Crippen LogP contribution is 2.31. The van der Waals surface area contributed by atoms with Gasteiger partial charge in [0.05, 0.1) is 15.6 Å². The van der Waals surface area contributed by atoms with E-state index in [1.54, 1.807) is 48.2 Å². The molecule has 0 atom stereocenters. The molecule has 0 aliphatic carbocycles. The number of amides is 1. The predicted octanol–water partition coefficient (Wildman–Crippen LogP) is 4.84. The Balaban J connectivity index is 1.87. The number of nitrogens with one attached hydrogen (secondary N) is 1. The molecule has 7 nitrogen and oxygen atoms in total. The Morgan fingerprint density at radius 1 is 1.16 bits per heavy atom. The quantitative estimate of drug-likeness (QED) is 0.336. The molecule has 0 spiro atoms. The Morgan fingerprint density at radius 2 is 1.87 bits per heavy atom. The lowest BCUT2D eigenvalue weighted by molar-refractivity contribution is -0.114. The molecular weight excluding hydrogens is 476 g/mol. The number of carbonyl (C=O) groups excluding carboxylic acids is 1. The SMILES string of the molecule is CCCSc1nnc(NC(=O)CN(c2ccccc2Cl)S(=O)(=O)c2ccc(C)cc2)s1. The van der Waals surface area contributed by atoms with Crippen LogP contribution in [0.1, 0.15) is 18.9 Å². The maximum atomic E-state index is 13.4. The zero-order valence-electron chi connectivity index (χ0n) is 16.9. The number of sulfonamides is 1. The number of halogens is 1. The molecule has 0 aliphatic rings. The minimum Gasteiger partial charge on any atom is -0.299 e. The van der Waals surface area contributed by atoms with Crippen LogP contribution in [0.15, 0.2) is 57.8 Å². The minimum absolute atomic E-state index is 0.0694. The molecule has 0 radical (unpaired) electrons. The molecule has 0 unspecified atom stereocenters. The zero-order chi connectivity index (χ0) is 22.4. The highest BCUT2D eigenvalue weighted by atomic mass is 35.5. The number of anilines is 2. The first-order chi connectivity index (χ1) is 14.8. The molecule has 2 aromatic carbocycles. The number of carbonyl (C=O) groups is 1. The molecule has 0 aliphatic heterocycles. The number of benzene rings is 2. The first-order valence-electron chi connectivity index (χ1n) is 9.41. The van der Waals surface area contributed by atoms with Gasteiger partial charge in [0.1, 0.15) is 6.54 Å². The van der Waals surface area contributed by atoms with Crippen LogP contribution < -0.4 is 9.62 Å². The van der Waals surface area contributed by atoms with Gasteiger partial charge in [-0.05, 0) is 37.6 Å². The molecule has 11 heteroatoms. The van der Waals surface area contributed by atoms with Gasteiger partial charge in [-0.2, -0.15) is 0 Å². The maximum Gasteiger partial charge on any atom is 0.264 e. The fraction of sp³-hybridized carbons (Fsp3) is 0.250. The molecule has 0 fully saturated rings. The van der Waals surface area contributed by atoms with E-state index in [2.05, 4.69) is 22.4 Å². The minimum atomic E-state index is -4.04. The van der Waals surface area contributed by atoms with E-state index in [0.29, 0.717) is 5.13 Å². The van der Waals surface area contributed by atoms with Crippen molar-refractivity contribution in [2.45, 2.75) is 29.5 Å². The maximum absolute atomic E-state index is 13.4. The number of para-hydroxylation sites is 1. The van der Waals surface area contributed by atoms with Crippen LogP contribution in [0.2, 0.25) is 5.02 Å². The van der Waals surface area contributed by atoms with Crippen molar-refractivity contribution in [3.05, 3.63) is 59.1 Å². The molecule has 3 aromatic rings. The van der Waals surface area contributed by atoms with Crippen molar-refractivity contribution >= 4 is 61.4 Å². The lowest BCUT2D eigenvalue weighted by Gasteiger charge is -2.24. The van der Waals surface area contributed by atoms with Gasteiger partial charge in [-0.1, -0.05) is 71.5 Å². The molecular formula is C20H21ClN4O3S3. The monoisotopic (exact) mass is 496 g/mol. The molecule has 1 N–H and O–H groups in total. The summed E-state index contributed by atoms with van der Waals surface area (Å²) in [4.78, 5) is 12.8. The molecule has 164 valence electrons. The van der Waals surface area contributed by atoms with Gasteiger partial charge in [0.15, 0.2) is 4.34 Å². The summed E-state index contributed by atoms with van der Waals surface area (Å²) >= 11 is 9.07. The number of aromatic nitrogens is 2. The number of thioether (sulfide) groups is 1. The Morgan fingerprint density at radius 3 is 2.55 bits per heavy atom. The lowest BCUT2D eigenvalue weighted by atomic mass is 10.2. The summed E-state index contributed by atoms with van der Waals surface area (Å²) in [6.45, 7) is 3.47. The Kier molecular flexibility index (Phi) is 7.93. The van der Waals surface area contributed by atoms with Crippen LogP contribution in [-0.4, -0.2) is 36.8 Å². The number of nitrogens with zero attached hydrogens (tertiary/aromatic N) is 3. The van der Waals surface area contributed by atoms with Gasteiger partial charge in [0.25, 0.3) is 10.0 Å². The van der Waals surface area contributed by atoms with Crippen molar-refractivity contribution < 1.29 is 13.2 Å². The largest absolute Gasteiger partial charge is 0.299 e. The lowest BCUT2D eigenvalue weighted by Crippen LogP contribution is -2.38. The summed E-state index contributed by atoms with van der Waals surface area (Å²) in [6, 6.07) is 12.9. The molecule has 0 saturated heterocycles. The van der Waals surface area contributed by atoms with E-state index in [1.165, 1.54) is 23.5 Å². The van der Waals surface area contributed by atoms with Crippen molar-refractivity contribution in [2.24, 2.45) is 0 Å². The van der Waals surface area contributed by atoms with Crippen LogP contribution in [0.25, 0.3) is 0 Å². The van der Waals surface area contributed by atoms with Crippen molar-refractivity contribution in [3.63, 3.8) is 0 Å². The summed E-state index contributed by atoms with van der Waals surface area (Å²) in [6.07, 6.45) is 0.996. The predicted molar refractivity (Wildman–Crippen MR) is 127 cm³/mol. The Bertz CT molecular complexity index is 1150. The van der Waals surface area contributed by atoms with Crippen LogP contribution in [0.3, 0.4) is 0 Å². The number of aryl methyl sites for hydroxylation is 1. The number of hydrogen-bond donors (Lipinski definition) is 1. The average molecular weight is 497 g/mol. The topological polar surface area (TPSA) is 92.3 Å². The zero-order valence-corrected chi connectivity index (χ0v) is 20.1. The van der Waals surface area contributed by atoms with Crippen LogP contribution in [0, 0.1) is 6.92 Å². The Hall–Kier alpha value is -2.14. The number of hydrogen-bond acceptors (Lipinski definition) is 7. The van der Waals surface area contributed by atoms with Gasteiger partial charge in [-0.15, -0.1) is 10.2 Å². The van der Waals surface area contributed by atoms with Gasteiger partial charge in [-0.25, -0.2) is 8.42 Å². The molecule has 1 amide bonds. The molecule has 0 bridgehead atoms. The van der Waals surface area contributed by atoms with E-state index in [1.807, 2.05) is 6.92 Å². The van der Waals surface area contributed by atoms with E-state index in [-0.39, 0.29) is 15.6 Å². The fourth-order valence-electron chi connectivity index (χ4n) is 2.59. The van der Waals surface area contributed by atoms with Gasteiger partial charge in [0, 0.05) is 5.75 Å². The third-order valence-corrected chi connectivity index (χ3v) is 8.37. The van der Waals surface area contributed by atoms with Crippen molar-refractivity contribution in [1.82, 2.24) is 10.2 Å². The van der Waals surface area contributed by atoms with Crippen LogP contribution >= 0.6 is 34.7 Å². The molecule has 1 aromatic heterocycles. The van der Waals surface area contributed by atoms with Crippen LogP contribution in [0.4, 0.5) is 10.8 Å². The van der Waals surface area contributed by atoms with E-state index in [0.717, 1.165) is 26.4 Å². The third-order valence-electron chi connectivity index (χ3n) is 4.10. The second-order valence-electron chi connectivity index (χ2n) is 6.55. The van der Waals surface area contributed by atoms with E-state index in [9.17, 15) is 13.2 Å². The second-order valence-corrected chi connectivity index (χ2v) is 11.1. The fourth-order valence-corrected chi connectivity index (χ4v) is 6.01. The first kappa shape index (κ1) is 23.5. The second kappa shape index (κ2) is 10.4. The standard InChI is InChI=1S/C20H21ClN4O3S3/c1-3-12-29-20-24-23-19(30-20)22-18(26)13-25(17-7-5-4-6-16(17)21)31(27,28)15-10-8-14(2)9-11-15/h4-11H,3,12-13H2,1-2H3,(H,22,23,26). The summed E-state index contributed by atoms with van der Waals surface area (Å²) in [5, 5.41) is 11.2. The van der Waals surface area contributed by atoms with Crippen LogP contribution in [-0.2, 0) is 14.8 Å². The smallest absolute Gasteiger partial charge is 0.264 e. The van der Waals surface area contributed by atoms with E-state index >= 15 is 0 Å². The Labute approximate surface area is 194 Å². The van der Waals surface area contributed by atoms with Gasteiger partial charge in [-0.3, -0.25) is 14.4 Å². The average Bonchev–Trinajstić information content (AvgIpc) is 3.18. The normalized spacial score (nSPS) is 11.3. The first-order valence-corrected chi connectivity index (χ1v) is 13.0. The molecule has 31 heavy (non-hydrogen) atoms. The highest BCUT2D eigenvalue weighted by molar-refractivity contribution is 8.01. The van der Waals surface area contributed by atoms with Gasteiger partial charge >= 0.3 is 0 Å². The van der Waals surface area contributed by atoms with Crippen LogP contribution in [0.5, 0.6) is 0 Å². The van der Waals surface area contributed by atoms with Crippen molar-refractivity contribution in [3.8, 4) is 0 Å². The highest BCUT2D eigenvalue weighted by Gasteiger charge is 2.29. The molecule has 1 heterocycles. The summed E-state index contributed by atoms with van der Waals surface area (Å²) in [5.41, 5.74) is 1.14. The molecule has 0 saturated carbocycles. The van der Waals surface area contributed by atoms with Crippen molar-refractivity contribution in [1.29, 1.82) is 0 Å². The number of rotatable bonds is 9. The summed E-state index contributed by atoms with van der Waals surface area (Å²) < 4.78 is 28.5. The summed E-state index contributed by atoms with van der Waals surface area (Å²) in [7, 11) is -4.04. The summed E-state index contributed by atoms with van der Waals surface area (Å²) in [5.74, 6) is 0.358. The third kappa shape index (κ3) is 5.97. The van der Waals surface area contributed by atoms with Crippen molar-refractivity contribution in [2.75, 3.05) is 21.9 Å². The van der Waals surface area contributed by atoms with E-state index in [4.69, 9.17) is 11.6 Å². The molecule has 3 rings (SSSR count). The van der Waals surface area contributed by atoms with E-state index < -0.39 is 22.5 Å². The van der Waals surface area contributed by atoms with Gasteiger partial charge < -0.3 is 0 Å².